The maximum atomic E-state index is 12.5. The van der Waals surface area contributed by atoms with Gasteiger partial charge in [-0.05, 0) is 18.2 Å². The first-order chi connectivity index (χ1) is 12.7. The number of hydrogen-bond donors (Lipinski definition) is 0. The Balaban J connectivity index is 1.28. The Kier molecular flexibility index (Phi) is 3.85. The monoisotopic (exact) mass is 400 g/mol. The summed E-state index contributed by atoms with van der Waals surface area (Å²) in [6.45, 7) is 1.32. The molecular formula is C19H13ClN2O2S2. The number of carbonyl (C=O) groups is 1. The molecule has 0 unspecified atom stereocenters. The maximum Gasteiger partial charge on any atom is 0.350 e. The molecule has 26 heavy (non-hydrogen) atoms. The average Bonchev–Trinajstić information content (AvgIpc) is 3.19. The van der Waals surface area contributed by atoms with Gasteiger partial charge >= 0.3 is 5.97 Å². The van der Waals surface area contributed by atoms with Crippen LogP contribution in [0.25, 0.3) is 20.3 Å². The smallest absolute Gasteiger partial charge is 0.350 e. The van der Waals surface area contributed by atoms with Crippen LogP contribution in [0.2, 0.25) is 5.02 Å². The van der Waals surface area contributed by atoms with Gasteiger partial charge in [0.05, 0.1) is 28.3 Å². The van der Waals surface area contributed by atoms with E-state index < -0.39 is 0 Å². The highest BCUT2D eigenvalue weighted by atomic mass is 35.5. The van der Waals surface area contributed by atoms with Crippen LogP contribution in [0.1, 0.15) is 9.67 Å². The van der Waals surface area contributed by atoms with E-state index in [0.29, 0.717) is 23.0 Å². The lowest BCUT2D eigenvalue weighted by molar-refractivity contribution is 0.0240. The van der Waals surface area contributed by atoms with Crippen molar-refractivity contribution in [2.24, 2.45) is 0 Å². The first-order valence-electron chi connectivity index (χ1n) is 8.17. The summed E-state index contributed by atoms with van der Waals surface area (Å²) in [5.41, 5.74) is 1.00. The number of benzene rings is 2. The van der Waals surface area contributed by atoms with E-state index >= 15 is 0 Å². The zero-order valence-electron chi connectivity index (χ0n) is 13.5. The molecular weight excluding hydrogens is 388 g/mol. The number of hydrogen-bond acceptors (Lipinski definition) is 6. The number of carbonyl (C=O) groups excluding carboxylic acids is 1. The Labute approximate surface area is 162 Å². The molecule has 2 aromatic heterocycles. The lowest BCUT2D eigenvalue weighted by Crippen LogP contribution is -2.53. The van der Waals surface area contributed by atoms with Crippen LogP contribution in [0.15, 0.2) is 48.5 Å². The van der Waals surface area contributed by atoms with E-state index in [1.807, 2.05) is 42.5 Å². The summed E-state index contributed by atoms with van der Waals surface area (Å²) < 4.78 is 7.79. The number of ether oxygens (including phenoxy) is 1. The molecule has 7 heteroatoms. The highest BCUT2D eigenvalue weighted by Crippen LogP contribution is 2.36. The van der Waals surface area contributed by atoms with Crippen molar-refractivity contribution in [2.45, 2.75) is 6.10 Å². The molecule has 0 spiro atoms. The minimum Gasteiger partial charge on any atom is -0.454 e. The molecule has 4 aromatic rings. The predicted octanol–water partition coefficient (Wildman–Crippen LogP) is 5.21. The molecule has 130 valence electrons. The Morgan fingerprint density at radius 1 is 1.08 bits per heavy atom. The van der Waals surface area contributed by atoms with Gasteiger partial charge in [0.2, 0.25) is 0 Å². The van der Waals surface area contributed by atoms with Crippen molar-refractivity contribution in [3.8, 4) is 0 Å². The van der Waals surface area contributed by atoms with E-state index in [1.54, 1.807) is 11.3 Å². The van der Waals surface area contributed by atoms with Crippen LogP contribution in [0, 0.1) is 0 Å². The first-order valence-corrected chi connectivity index (χ1v) is 10.2. The fraction of sp³-hybridized carbons (Fsp3) is 0.158. The molecule has 1 aliphatic rings. The van der Waals surface area contributed by atoms with Crippen molar-refractivity contribution in [2.75, 3.05) is 18.0 Å². The Bertz CT molecular complexity index is 1100. The van der Waals surface area contributed by atoms with Crippen molar-refractivity contribution >= 4 is 65.7 Å². The summed E-state index contributed by atoms with van der Waals surface area (Å²) in [5.74, 6) is -0.342. The summed E-state index contributed by atoms with van der Waals surface area (Å²) in [7, 11) is 0. The molecule has 0 saturated carbocycles. The largest absolute Gasteiger partial charge is 0.454 e. The number of para-hydroxylation sites is 1. The number of esters is 1. The van der Waals surface area contributed by atoms with Gasteiger partial charge in [0.1, 0.15) is 11.0 Å². The molecule has 5 rings (SSSR count). The second-order valence-electron chi connectivity index (χ2n) is 6.14. The fourth-order valence-electron chi connectivity index (χ4n) is 3.01. The van der Waals surface area contributed by atoms with Gasteiger partial charge in [-0.3, -0.25) is 0 Å². The zero-order chi connectivity index (χ0) is 17.7. The van der Waals surface area contributed by atoms with Crippen molar-refractivity contribution < 1.29 is 9.53 Å². The number of aromatic nitrogens is 1. The van der Waals surface area contributed by atoms with Gasteiger partial charge in [-0.15, -0.1) is 11.3 Å². The van der Waals surface area contributed by atoms with Gasteiger partial charge in [0.25, 0.3) is 0 Å². The van der Waals surface area contributed by atoms with Crippen molar-refractivity contribution in [3.05, 3.63) is 58.4 Å². The summed E-state index contributed by atoms with van der Waals surface area (Å²) in [6.07, 6.45) is -0.129. The van der Waals surface area contributed by atoms with Crippen LogP contribution in [0.5, 0.6) is 0 Å². The molecule has 3 heterocycles. The van der Waals surface area contributed by atoms with E-state index in [1.165, 1.54) is 16.0 Å². The van der Waals surface area contributed by atoms with Crippen LogP contribution in [-0.2, 0) is 4.74 Å². The molecule has 1 saturated heterocycles. The van der Waals surface area contributed by atoms with Crippen molar-refractivity contribution in [1.29, 1.82) is 0 Å². The number of nitrogens with zero attached hydrogens (tertiary/aromatic N) is 2. The molecule has 0 aliphatic carbocycles. The first kappa shape index (κ1) is 16.1. The number of thiophene rings is 1. The molecule has 0 bridgehead atoms. The highest BCUT2D eigenvalue weighted by Gasteiger charge is 2.33. The van der Waals surface area contributed by atoms with E-state index in [0.717, 1.165) is 20.7 Å². The highest BCUT2D eigenvalue weighted by molar-refractivity contribution is 7.22. The van der Waals surface area contributed by atoms with Gasteiger partial charge in [-0.1, -0.05) is 53.3 Å². The number of thiazole rings is 1. The third-order valence-electron chi connectivity index (χ3n) is 4.40. The minimum atomic E-state index is -0.342. The fourth-order valence-corrected chi connectivity index (χ4v) is 5.39. The molecule has 1 aliphatic heterocycles. The van der Waals surface area contributed by atoms with E-state index in [-0.39, 0.29) is 12.1 Å². The summed E-state index contributed by atoms with van der Waals surface area (Å²) in [5, 5.41) is 2.35. The lowest BCUT2D eigenvalue weighted by atomic mass is 10.2. The second kappa shape index (κ2) is 6.23. The Morgan fingerprint density at radius 3 is 2.58 bits per heavy atom. The summed E-state index contributed by atoms with van der Waals surface area (Å²) in [4.78, 5) is 19.7. The van der Waals surface area contributed by atoms with Crippen LogP contribution in [0.3, 0.4) is 0 Å². The van der Waals surface area contributed by atoms with Gasteiger partial charge in [-0.25, -0.2) is 9.78 Å². The van der Waals surface area contributed by atoms with Gasteiger partial charge in [0, 0.05) is 10.1 Å². The normalized spacial score (nSPS) is 14.7. The Hall–Kier alpha value is -2.15. The van der Waals surface area contributed by atoms with E-state index in [2.05, 4.69) is 16.0 Å². The third kappa shape index (κ3) is 2.65. The van der Waals surface area contributed by atoms with Crippen LogP contribution in [0.4, 0.5) is 5.13 Å². The molecule has 1 fully saturated rings. The van der Waals surface area contributed by atoms with E-state index in [9.17, 15) is 4.79 Å². The number of halogens is 1. The second-order valence-corrected chi connectivity index (χ2v) is 8.58. The van der Waals surface area contributed by atoms with Gasteiger partial charge in [0.15, 0.2) is 5.13 Å². The van der Waals surface area contributed by atoms with Crippen molar-refractivity contribution in [3.63, 3.8) is 0 Å². The molecule has 2 aromatic carbocycles. The number of fused-ring (bicyclic) bond motifs is 2. The minimum absolute atomic E-state index is 0.129. The van der Waals surface area contributed by atoms with E-state index in [4.69, 9.17) is 16.3 Å². The number of anilines is 1. The SMILES string of the molecule is O=C(OC1CN(c2nc3ccccc3s2)C1)c1sc2ccccc2c1Cl. The average molecular weight is 401 g/mol. The third-order valence-corrected chi connectivity index (χ3v) is 7.15. The summed E-state index contributed by atoms with van der Waals surface area (Å²) in [6, 6.07) is 15.8. The predicted molar refractivity (Wildman–Crippen MR) is 108 cm³/mol. The number of rotatable bonds is 3. The molecule has 0 N–H and O–H groups in total. The van der Waals surface area contributed by atoms with Crippen LogP contribution >= 0.6 is 34.3 Å². The zero-order valence-corrected chi connectivity index (χ0v) is 15.9. The Morgan fingerprint density at radius 2 is 1.81 bits per heavy atom. The molecule has 0 radical (unpaired) electrons. The maximum absolute atomic E-state index is 12.5. The van der Waals surface area contributed by atoms with Gasteiger partial charge < -0.3 is 9.64 Å². The standard InChI is InChI=1S/C19H13ClN2O2S2/c20-16-12-5-1-3-7-14(12)25-17(16)18(23)24-11-9-22(10-11)19-21-13-6-2-4-8-15(13)26-19/h1-8,11H,9-10H2. The van der Waals surface area contributed by atoms with Gasteiger partial charge in [-0.2, -0.15) is 0 Å². The quantitative estimate of drug-likeness (QED) is 0.443. The molecule has 4 nitrogen and oxygen atoms in total. The topological polar surface area (TPSA) is 42.4 Å². The van der Waals surface area contributed by atoms with Crippen LogP contribution in [-0.4, -0.2) is 30.1 Å². The lowest BCUT2D eigenvalue weighted by Gasteiger charge is -2.38. The van der Waals surface area contributed by atoms with Crippen molar-refractivity contribution in [1.82, 2.24) is 4.98 Å². The summed E-state index contributed by atoms with van der Waals surface area (Å²) >= 11 is 9.39. The molecule has 0 amide bonds. The molecule has 0 atom stereocenters. The van der Waals surface area contributed by atoms with Crippen LogP contribution < -0.4 is 4.90 Å².